The Bertz CT molecular complexity index is 721. The minimum atomic E-state index is -3.38. The fourth-order valence-electron chi connectivity index (χ4n) is 2.42. The van der Waals surface area contributed by atoms with Gasteiger partial charge in [-0.15, -0.1) is 0 Å². The zero-order valence-corrected chi connectivity index (χ0v) is 14.2. The van der Waals surface area contributed by atoms with E-state index < -0.39 is 10.0 Å². The molecule has 0 fully saturated rings. The molecule has 0 unspecified atom stereocenters. The van der Waals surface area contributed by atoms with Crippen LogP contribution in [0.25, 0.3) is 0 Å². The number of hydrogen-bond donors (Lipinski definition) is 1. The van der Waals surface area contributed by atoms with Gasteiger partial charge in [-0.25, -0.2) is 13.1 Å². The number of sulfonamides is 1. The normalized spacial score (nSPS) is 13.0. The van der Waals surface area contributed by atoms with Crippen LogP contribution < -0.4 is 4.72 Å². The zero-order chi connectivity index (χ0) is 16.2. The summed E-state index contributed by atoms with van der Waals surface area (Å²) in [6.45, 7) is 5.94. The van der Waals surface area contributed by atoms with E-state index in [1.54, 1.807) is 0 Å². The van der Waals surface area contributed by atoms with Gasteiger partial charge in [-0.2, -0.15) is 0 Å². The smallest absolute Gasteiger partial charge is 0.212 e. The standard InChI is InChI=1S/C18H23NO2S/c1-4-18(16-11-9-14(2)10-12-16)19-22(20,21)13-17-8-6-5-7-15(17)3/h5-12,18-19H,4,13H2,1-3H3/t18-/m1/s1. The van der Waals surface area contributed by atoms with Crippen LogP contribution in [0.3, 0.4) is 0 Å². The van der Waals surface area contributed by atoms with Gasteiger partial charge in [-0.3, -0.25) is 0 Å². The Hall–Kier alpha value is -1.65. The van der Waals surface area contributed by atoms with Crippen molar-refractivity contribution >= 4 is 10.0 Å². The molecule has 2 aromatic carbocycles. The van der Waals surface area contributed by atoms with Gasteiger partial charge in [0.2, 0.25) is 10.0 Å². The van der Waals surface area contributed by atoms with Crippen LogP contribution in [-0.4, -0.2) is 8.42 Å². The molecule has 4 heteroatoms. The van der Waals surface area contributed by atoms with Gasteiger partial charge >= 0.3 is 0 Å². The Morgan fingerprint density at radius 2 is 1.64 bits per heavy atom. The Labute approximate surface area is 133 Å². The molecule has 0 bridgehead atoms. The first-order valence-electron chi connectivity index (χ1n) is 7.52. The highest BCUT2D eigenvalue weighted by Crippen LogP contribution is 2.20. The Morgan fingerprint density at radius 3 is 2.23 bits per heavy atom. The number of benzene rings is 2. The summed E-state index contributed by atoms with van der Waals surface area (Å²) < 4.78 is 27.7. The van der Waals surface area contributed by atoms with Crippen molar-refractivity contribution < 1.29 is 8.42 Å². The second-order valence-electron chi connectivity index (χ2n) is 5.67. The van der Waals surface area contributed by atoms with Gasteiger partial charge in [0, 0.05) is 6.04 Å². The van der Waals surface area contributed by atoms with Crippen LogP contribution in [-0.2, 0) is 15.8 Å². The SMILES string of the molecule is CC[C@@H](NS(=O)(=O)Cc1ccccc1C)c1ccc(C)cc1. The molecule has 22 heavy (non-hydrogen) atoms. The van der Waals surface area contributed by atoms with Crippen molar-refractivity contribution in [1.82, 2.24) is 4.72 Å². The number of nitrogens with one attached hydrogen (secondary N) is 1. The van der Waals surface area contributed by atoms with Gasteiger partial charge in [-0.05, 0) is 37.0 Å². The minimum absolute atomic E-state index is 0.0159. The van der Waals surface area contributed by atoms with Crippen LogP contribution in [0.5, 0.6) is 0 Å². The molecule has 1 N–H and O–H groups in total. The lowest BCUT2D eigenvalue weighted by molar-refractivity contribution is 0.549. The Morgan fingerprint density at radius 1 is 1.00 bits per heavy atom. The van der Waals surface area contributed by atoms with Crippen molar-refractivity contribution in [2.45, 2.75) is 39.0 Å². The van der Waals surface area contributed by atoms with Gasteiger partial charge in [0.25, 0.3) is 0 Å². The van der Waals surface area contributed by atoms with Gasteiger partial charge in [-0.1, -0.05) is 61.0 Å². The third-order valence-electron chi connectivity index (χ3n) is 3.82. The number of hydrogen-bond acceptors (Lipinski definition) is 2. The maximum absolute atomic E-state index is 12.5. The van der Waals surface area contributed by atoms with E-state index in [-0.39, 0.29) is 11.8 Å². The van der Waals surface area contributed by atoms with Gasteiger partial charge < -0.3 is 0 Å². The molecule has 0 radical (unpaired) electrons. The summed E-state index contributed by atoms with van der Waals surface area (Å²) in [4.78, 5) is 0. The van der Waals surface area contributed by atoms with Gasteiger partial charge in [0.15, 0.2) is 0 Å². The van der Waals surface area contributed by atoms with Crippen molar-refractivity contribution in [2.24, 2.45) is 0 Å². The van der Waals surface area contributed by atoms with Crippen LogP contribution >= 0.6 is 0 Å². The highest BCUT2D eigenvalue weighted by Gasteiger charge is 2.19. The summed E-state index contributed by atoms with van der Waals surface area (Å²) in [5, 5.41) is 0. The summed E-state index contributed by atoms with van der Waals surface area (Å²) >= 11 is 0. The molecule has 0 amide bonds. The van der Waals surface area contributed by atoms with E-state index in [0.717, 1.165) is 23.1 Å². The van der Waals surface area contributed by atoms with Crippen LogP contribution in [0.4, 0.5) is 0 Å². The summed E-state index contributed by atoms with van der Waals surface area (Å²) in [7, 11) is -3.38. The predicted octanol–water partition coefficient (Wildman–Crippen LogP) is 3.87. The molecule has 3 nitrogen and oxygen atoms in total. The lowest BCUT2D eigenvalue weighted by Crippen LogP contribution is -2.29. The molecule has 0 aliphatic heterocycles. The molecular formula is C18H23NO2S. The van der Waals surface area contributed by atoms with E-state index in [2.05, 4.69) is 4.72 Å². The van der Waals surface area contributed by atoms with E-state index in [1.807, 2.05) is 69.3 Å². The molecule has 118 valence electrons. The molecule has 2 aromatic rings. The molecule has 0 heterocycles. The highest BCUT2D eigenvalue weighted by molar-refractivity contribution is 7.88. The molecule has 0 aromatic heterocycles. The third-order valence-corrected chi connectivity index (χ3v) is 5.15. The molecular weight excluding hydrogens is 294 g/mol. The van der Waals surface area contributed by atoms with Crippen molar-refractivity contribution in [3.8, 4) is 0 Å². The maximum atomic E-state index is 12.5. The molecule has 0 spiro atoms. The van der Waals surface area contributed by atoms with Crippen molar-refractivity contribution in [3.63, 3.8) is 0 Å². The molecule has 1 atom stereocenters. The van der Waals surface area contributed by atoms with Crippen LogP contribution in [0.2, 0.25) is 0 Å². The average molecular weight is 317 g/mol. The predicted molar refractivity (Wildman–Crippen MR) is 91.1 cm³/mol. The van der Waals surface area contributed by atoms with E-state index in [4.69, 9.17) is 0 Å². The summed E-state index contributed by atoms with van der Waals surface area (Å²) in [6.07, 6.45) is 0.718. The van der Waals surface area contributed by atoms with Crippen molar-refractivity contribution in [2.75, 3.05) is 0 Å². The van der Waals surface area contributed by atoms with Crippen LogP contribution in [0.1, 0.15) is 41.6 Å². The summed E-state index contributed by atoms with van der Waals surface area (Å²) in [5.41, 5.74) is 4.01. The fourth-order valence-corrected chi connectivity index (χ4v) is 3.97. The van der Waals surface area contributed by atoms with E-state index in [1.165, 1.54) is 5.56 Å². The average Bonchev–Trinajstić information content (AvgIpc) is 2.48. The topological polar surface area (TPSA) is 46.2 Å². The Kier molecular flexibility index (Phi) is 5.37. The molecule has 0 saturated carbocycles. The third kappa shape index (κ3) is 4.42. The first-order valence-corrected chi connectivity index (χ1v) is 9.17. The number of aryl methyl sites for hydroxylation is 2. The largest absolute Gasteiger partial charge is 0.216 e. The Balaban J connectivity index is 2.16. The summed E-state index contributed by atoms with van der Waals surface area (Å²) in [5.74, 6) is 0.0159. The maximum Gasteiger partial charge on any atom is 0.216 e. The van der Waals surface area contributed by atoms with Gasteiger partial charge in [0.05, 0.1) is 5.75 Å². The lowest BCUT2D eigenvalue weighted by atomic mass is 10.0. The van der Waals surface area contributed by atoms with Crippen molar-refractivity contribution in [1.29, 1.82) is 0 Å². The molecule has 0 aliphatic carbocycles. The van der Waals surface area contributed by atoms with E-state index >= 15 is 0 Å². The first kappa shape index (κ1) is 16.7. The first-order chi connectivity index (χ1) is 10.4. The highest BCUT2D eigenvalue weighted by atomic mass is 32.2. The molecule has 2 rings (SSSR count). The zero-order valence-electron chi connectivity index (χ0n) is 13.3. The number of rotatable bonds is 6. The monoisotopic (exact) mass is 317 g/mol. The van der Waals surface area contributed by atoms with Crippen LogP contribution in [0, 0.1) is 13.8 Å². The fraction of sp³-hybridized carbons (Fsp3) is 0.333. The van der Waals surface area contributed by atoms with E-state index in [0.29, 0.717) is 0 Å². The summed E-state index contributed by atoms with van der Waals surface area (Å²) in [6, 6.07) is 15.4. The van der Waals surface area contributed by atoms with Crippen LogP contribution in [0.15, 0.2) is 48.5 Å². The minimum Gasteiger partial charge on any atom is -0.212 e. The van der Waals surface area contributed by atoms with Gasteiger partial charge in [0.1, 0.15) is 0 Å². The lowest BCUT2D eigenvalue weighted by Gasteiger charge is -2.18. The quantitative estimate of drug-likeness (QED) is 0.879. The molecule has 0 aliphatic rings. The van der Waals surface area contributed by atoms with Crippen molar-refractivity contribution in [3.05, 3.63) is 70.8 Å². The van der Waals surface area contributed by atoms with E-state index in [9.17, 15) is 8.42 Å². The molecule has 0 saturated heterocycles. The second kappa shape index (κ2) is 7.07. The second-order valence-corrected chi connectivity index (χ2v) is 7.43.